The van der Waals surface area contributed by atoms with Crippen molar-refractivity contribution in [3.8, 4) is 5.75 Å². The molecule has 0 saturated heterocycles. The summed E-state index contributed by atoms with van der Waals surface area (Å²) in [5, 5.41) is 9.03. The van der Waals surface area contributed by atoms with Crippen molar-refractivity contribution in [2.24, 2.45) is 0 Å². The van der Waals surface area contributed by atoms with E-state index in [1.165, 1.54) is 31.2 Å². The number of benzene rings is 1. The summed E-state index contributed by atoms with van der Waals surface area (Å²) in [5.41, 5.74) is 0.174. The molecule has 1 heterocycles. The number of amides is 2. The third-order valence-corrected chi connectivity index (χ3v) is 2.81. The number of carbonyl (C=O) groups is 4. The zero-order chi connectivity index (χ0) is 15.7. The minimum Gasteiger partial charge on any atom is -0.478 e. The average molecular weight is 289 g/mol. The Hall–Kier alpha value is -2.96. The molecule has 108 valence electrons. The molecule has 0 fully saturated rings. The number of hydrogen-bond donors (Lipinski definition) is 1. The maximum atomic E-state index is 11.9. The van der Waals surface area contributed by atoms with E-state index >= 15 is 0 Å². The Bertz CT molecular complexity index is 703. The Morgan fingerprint density at radius 1 is 1.24 bits per heavy atom. The molecule has 1 aromatic carbocycles. The van der Waals surface area contributed by atoms with Crippen LogP contribution in [-0.2, 0) is 14.4 Å². The molecule has 0 aliphatic carbocycles. The van der Waals surface area contributed by atoms with Crippen LogP contribution in [-0.4, -0.2) is 28.9 Å². The van der Waals surface area contributed by atoms with Gasteiger partial charge in [0.15, 0.2) is 0 Å². The van der Waals surface area contributed by atoms with E-state index in [9.17, 15) is 19.2 Å². The van der Waals surface area contributed by atoms with E-state index in [1.807, 2.05) is 0 Å². The van der Waals surface area contributed by atoms with Crippen LogP contribution in [0.1, 0.15) is 24.2 Å². The predicted molar refractivity (Wildman–Crippen MR) is 71.0 cm³/mol. The van der Waals surface area contributed by atoms with Crippen molar-refractivity contribution in [1.82, 2.24) is 0 Å². The maximum Gasteiger partial charge on any atom is 0.339 e. The fourth-order valence-corrected chi connectivity index (χ4v) is 1.90. The lowest BCUT2D eigenvalue weighted by molar-refractivity contribution is -0.132. The first kappa shape index (κ1) is 14.4. The number of hydrogen-bond acceptors (Lipinski definition) is 5. The van der Waals surface area contributed by atoms with Gasteiger partial charge in [0.1, 0.15) is 11.3 Å². The highest BCUT2D eigenvalue weighted by atomic mass is 16.5. The standard InChI is InChI=1S/C14H11NO6/c1-7-5-12(17)15(13(7)18)9-3-4-10(14(19)20)11(6-9)21-8(2)16/h3-6H,1-2H3,(H,19,20). The van der Waals surface area contributed by atoms with Gasteiger partial charge in [-0.15, -0.1) is 0 Å². The lowest BCUT2D eigenvalue weighted by atomic mass is 10.1. The van der Waals surface area contributed by atoms with E-state index in [4.69, 9.17) is 9.84 Å². The van der Waals surface area contributed by atoms with Crippen LogP contribution in [0.3, 0.4) is 0 Å². The molecular weight excluding hydrogens is 278 g/mol. The lowest BCUT2D eigenvalue weighted by Crippen LogP contribution is -2.30. The Labute approximate surface area is 119 Å². The van der Waals surface area contributed by atoms with Crippen molar-refractivity contribution in [3.63, 3.8) is 0 Å². The Balaban J connectivity index is 2.48. The summed E-state index contributed by atoms with van der Waals surface area (Å²) in [6, 6.07) is 3.65. The number of anilines is 1. The molecule has 0 unspecified atom stereocenters. The number of carbonyl (C=O) groups excluding carboxylic acids is 3. The molecule has 7 nitrogen and oxygen atoms in total. The first-order valence-electron chi connectivity index (χ1n) is 5.93. The van der Waals surface area contributed by atoms with Gasteiger partial charge in [0.2, 0.25) is 0 Å². The maximum absolute atomic E-state index is 11.9. The molecule has 7 heteroatoms. The van der Waals surface area contributed by atoms with Gasteiger partial charge < -0.3 is 9.84 Å². The van der Waals surface area contributed by atoms with Crippen LogP contribution in [0, 0.1) is 0 Å². The van der Waals surface area contributed by atoms with Crippen LogP contribution in [0.5, 0.6) is 5.75 Å². The van der Waals surface area contributed by atoms with E-state index in [0.29, 0.717) is 0 Å². The molecule has 2 amide bonds. The van der Waals surface area contributed by atoms with Crippen molar-refractivity contribution in [2.75, 3.05) is 4.90 Å². The van der Waals surface area contributed by atoms with E-state index in [2.05, 4.69) is 0 Å². The largest absolute Gasteiger partial charge is 0.478 e. The Morgan fingerprint density at radius 2 is 1.90 bits per heavy atom. The van der Waals surface area contributed by atoms with Gasteiger partial charge in [-0.3, -0.25) is 14.4 Å². The molecule has 0 aromatic heterocycles. The smallest absolute Gasteiger partial charge is 0.339 e. The summed E-state index contributed by atoms with van der Waals surface area (Å²) >= 11 is 0. The minimum absolute atomic E-state index is 0.138. The molecule has 1 aromatic rings. The lowest BCUT2D eigenvalue weighted by Gasteiger charge is -2.16. The summed E-state index contributed by atoms with van der Waals surface area (Å²) in [6.45, 7) is 2.62. The van der Waals surface area contributed by atoms with Crippen molar-refractivity contribution in [3.05, 3.63) is 35.4 Å². The Kier molecular flexibility index (Phi) is 3.58. The second-order valence-electron chi connectivity index (χ2n) is 4.39. The van der Waals surface area contributed by atoms with Crippen LogP contribution >= 0.6 is 0 Å². The molecule has 0 bridgehead atoms. The molecule has 1 aliphatic heterocycles. The third kappa shape index (κ3) is 2.66. The number of aromatic carboxylic acids is 1. The molecule has 0 spiro atoms. The van der Waals surface area contributed by atoms with Crippen LogP contribution in [0.4, 0.5) is 5.69 Å². The normalized spacial score (nSPS) is 14.2. The molecular formula is C14H11NO6. The number of ether oxygens (including phenoxy) is 1. The van der Waals surface area contributed by atoms with Gasteiger partial charge in [0, 0.05) is 24.6 Å². The van der Waals surface area contributed by atoms with Gasteiger partial charge >= 0.3 is 11.9 Å². The molecule has 0 radical (unpaired) electrons. The van der Waals surface area contributed by atoms with Crippen molar-refractivity contribution in [2.45, 2.75) is 13.8 Å². The van der Waals surface area contributed by atoms with Gasteiger partial charge in [0.05, 0.1) is 5.69 Å². The highest BCUT2D eigenvalue weighted by molar-refractivity contribution is 6.30. The van der Waals surface area contributed by atoms with E-state index in [1.54, 1.807) is 0 Å². The number of rotatable bonds is 3. The van der Waals surface area contributed by atoms with Crippen molar-refractivity contribution >= 4 is 29.4 Å². The van der Waals surface area contributed by atoms with E-state index in [-0.39, 0.29) is 22.6 Å². The molecule has 2 rings (SSSR count). The van der Waals surface area contributed by atoms with E-state index in [0.717, 1.165) is 11.8 Å². The zero-order valence-corrected chi connectivity index (χ0v) is 11.2. The van der Waals surface area contributed by atoms with Crippen LogP contribution in [0.15, 0.2) is 29.8 Å². The second kappa shape index (κ2) is 5.20. The number of esters is 1. The fourth-order valence-electron chi connectivity index (χ4n) is 1.90. The number of imide groups is 1. The summed E-state index contributed by atoms with van der Waals surface area (Å²) < 4.78 is 4.82. The van der Waals surface area contributed by atoms with Crippen molar-refractivity contribution < 1.29 is 29.0 Å². The molecule has 1 aliphatic rings. The second-order valence-corrected chi connectivity index (χ2v) is 4.39. The van der Waals surface area contributed by atoms with Gasteiger partial charge in [0.25, 0.3) is 11.8 Å². The Morgan fingerprint density at radius 3 is 2.38 bits per heavy atom. The predicted octanol–water partition coefficient (Wildman–Crippen LogP) is 1.13. The zero-order valence-electron chi connectivity index (χ0n) is 11.2. The SMILES string of the molecule is CC(=O)Oc1cc(N2C(=O)C=C(C)C2=O)ccc1C(=O)O. The topological polar surface area (TPSA) is 101 Å². The van der Waals surface area contributed by atoms with Crippen LogP contribution in [0.2, 0.25) is 0 Å². The fraction of sp³-hybridized carbons (Fsp3) is 0.143. The first-order chi connectivity index (χ1) is 9.81. The minimum atomic E-state index is -1.29. The van der Waals surface area contributed by atoms with Gasteiger partial charge in [-0.2, -0.15) is 0 Å². The number of carboxylic acids is 1. The molecule has 0 saturated carbocycles. The van der Waals surface area contributed by atoms with Crippen LogP contribution < -0.4 is 9.64 Å². The van der Waals surface area contributed by atoms with Crippen molar-refractivity contribution in [1.29, 1.82) is 0 Å². The van der Waals surface area contributed by atoms with Crippen LogP contribution in [0.25, 0.3) is 0 Å². The van der Waals surface area contributed by atoms with Gasteiger partial charge in [-0.05, 0) is 19.1 Å². The summed E-state index contributed by atoms with van der Waals surface area (Å²) in [4.78, 5) is 46.6. The summed E-state index contributed by atoms with van der Waals surface area (Å²) in [6.07, 6.45) is 1.18. The van der Waals surface area contributed by atoms with Gasteiger partial charge in [-0.25, -0.2) is 9.69 Å². The molecule has 0 atom stereocenters. The number of carboxylic acid groups (broad SMARTS) is 1. The molecule has 21 heavy (non-hydrogen) atoms. The highest BCUT2D eigenvalue weighted by Crippen LogP contribution is 2.29. The first-order valence-corrected chi connectivity index (χ1v) is 5.93. The summed E-state index contributed by atoms with van der Waals surface area (Å²) in [7, 11) is 0. The molecule has 1 N–H and O–H groups in total. The average Bonchev–Trinajstić information content (AvgIpc) is 2.62. The third-order valence-electron chi connectivity index (χ3n) is 2.81. The summed E-state index contributed by atoms with van der Waals surface area (Å²) in [5.74, 6) is -3.25. The van der Waals surface area contributed by atoms with Gasteiger partial charge in [-0.1, -0.05) is 0 Å². The van der Waals surface area contributed by atoms with E-state index < -0.39 is 23.8 Å². The number of nitrogens with zero attached hydrogens (tertiary/aromatic N) is 1. The quantitative estimate of drug-likeness (QED) is 0.508. The monoisotopic (exact) mass is 289 g/mol. The highest BCUT2D eigenvalue weighted by Gasteiger charge is 2.30.